The van der Waals surface area contributed by atoms with Crippen molar-refractivity contribution >= 4 is 27.6 Å². The number of aromatic carboxylic acids is 1. The Hall–Kier alpha value is -4.66. The SMILES string of the molecule is O=C(O)c1ccc(N(Cc2ccc(C3CCCCC3)cc2)C(=O)[C@]2(OCc3ccccc3)CCCCN2S(=O)(=O)c2c(F)c(F)c(F)c(F)c2F)cc1. The topological polar surface area (TPSA) is 104 Å². The third-order valence-corrected chi connectivity index (χ3v) is 11.9. The number of anilines is 1. The average Bonchev–Trinajstić information content (AvgIpc) is 3.18. The smallest absolute Gasteiger partial charge is 0.335 e. The van der Waals surface area contributed by atoms with Crippen molar-refractivity contribution in [1.29, 1.82) is 0 Å². The van der Waals surface area contributed by atoms with E-state index >= 15 is 13.6 Å². The largest absolute Gasteiger partial charge is 0.478 e. The van der Waals surface area contributed by atoms with Gasteiger partial charge in [-0.05, 0) is 72.6 Å². The summed E-state index contributed by atoms with van der Waals surface area (Å²) in [6, 6.07) is 21.1. The van der Waals surface area contributed by atoms with Crippen LogP contribution in [0.5, 0.6) is 0 Å². The fourth-order valence-electron chi connectivity index (χ4n) is 7.15. The van der Waals surface area contributed by atoms with Gasteiger partial charge in [-0.3, -0.25) is 4.79 Å². The Bertz CT molecular complexity index is 2050. The van der Waals surface area contributed by atoms with Gasteiger partial charge < -0.3 is 14.7 Å². The summed E-state index contributed by atoms with van der Waals surface area (Å²) in [4.78, 5) is 26.0. The van der Waals surface area contributed by atoms with Crippen molar-refractivity contribution in [3.8, 4) is 0 Å². The van der Waals surface area contributed by atoms with Crippen LogP contribution < -0.4 is 4.90 Å². The lowest BCUT2D eigenvalue weighted by atomic mass is 9.84. The maximum Gasteiger partial charge on any atom is 0.335 e. The highest BCUT2D eigenvalue weighted by Gasteiger charge is 2.56. The lowest BCUT2D eigenvalue weighted by molar-refractivity contribution is -0.174. The van der Waals surface area contributed by atoms with Crippen LogP contribution in [-0.4, -0.2) is 42.0 Å². The second kappa shape index (κ2) is 15.7. The number of halogens is 5. The van der Waals surface area contributed by atoms with E-state index in [9.17, 15) is 31.5 Å². The molecule has 0 radical (unpaired) electrons. The minimum Gasteiger partial charge on any atom is -0.478 e. The van der Waals surface area contributed by atoms with Crippen LogP contribution in [0.2, 0.25) is 0 Å². The molecule has 1 aliphatic carbocycles. The number of benzene rings is 4. The molecule has 0 bridgehead atoms. The predicted molar refractivity (Wildman–Crippen MR) is 185 cm³/mol. The van der Waals surface area contributed by atoms with Crippen LogP contribution >= 0.6 is 0 Å². The Morgan fingerprint density at radius 1 is 0.755 bits per heavy atom. The third-order valence-electron chi connectivity index (χ3n) is 9.97. The van der Waals surface area contributed by atoms with Crippen molar-refractivity contribution in [2.45, 2.75) is 81.1 Å². The number of carbonyl (C=O) groups is 2. The van der Waals surface area contributed by atoms with E-state index < -0.39 is 68.2 Å². The fraction of sp³-hybridized carbons (Fsp3) is 0.333. The molecular formula is C39H37F5N2O6S. The average molecular weight is 757 g/mol. The number of carboxylic acids is 1. The number of hydrogen-bond donors (Lipinski definition) is 1. The maximum atomic E-state index is 15.2. The number of carbonyl (C=O) groups excluding carboxylic acids is 1. The summed E-state index contributed by atoms with van der Waals surface area (Å²) >= 11 is 0. The number of amides is 1. The molecule has 1 heterocycles. The van der Waals surface area contributed by atoms with E-state index in [1.807, 2.05) is 24.3 Å². The summed E-state index contributed by atoms with van der Waals surface area (Å²) < 4.78 is 109. The molecule has 14 heteroatoms. The quantitative estimate of drug-likeness (QED) is 0.0937. The van der Waals surface area contributed by atoms with E-state index in [4.69, 9.17) is 4.74 Å². The van der Waals surface area contributed by atoms with Crippen LogP contribution in [0, 0.1) is 29.1 Å². The zero-order valence-electron chi connectivity index (χ0n) is 28.5. The van der Waals surface area contributed by atoms with Gasteiger partial charge in [-0.15, -0.1) is 0 Å². The van der Waals surface area contributed by atoms with E-state index in [0.717, 1.165) is 31.2 Å². The van der Waals surface area contributed by atoms with Gasteiger partial charge in [0, 0.05) is 18.7 Å². The normalized spacial score (nSPS) is 18.5. The van der Waals surface area contributed by atoms with Crippen molar-refractivity contribution in [3.63, 3.8) is 0 Å². The molecule has 0 aromatic heterocycles. The summed E-state index contributed by atoms with van der Waals surface area (Å²) in [6.07, 6.45) is 5.42. The zero-order valence-corrected chi connectivity index (χ0v) is 29.4. The summed E-state index contributed by atoms with van der Waals surface area (Å²) in [6.45, 7) is -1.12. The first kappa shape index (κ1) is 38.1. The van der Waals surface area contributed by atoms with Gasteiger partial charge in [-0.25, -0.2) is 35.2 Å². The van der Waals surface area contributed by atoms with E-state index in [-0.39, 0.29) is 43.7 Å². The van der Waals surface area contributed by atoms with Crippen molar-refractivity contribution in [2.75, 3.05) is 11.4 Å². The first-order valence-corrected chi connectivity index (χ1v) is 18.8. The van der Waals surface area contributed by atoms with Crippen molar-refractivity contribution in [1.82, 2.24) is 4.31 Å². The molecule has 1 saturated heterocycles. The lowest BCUT2D eigenvalue weighted by Gasteiger charge is -2.46. The molecule has 1 atom stereocenters. The van der Waals surface area contributed by atoms with E-state index in [2.05, 4.69) is 0 Å². The molecule has 0 spiro atoms. The fourth-order valence-corrected chi connectivity index (χ4v) is 8.98. The second-order valence-electron chi connectivity index (χ2n) is 13.3. The number of hydrogen-bond acceptors (Lipinski definition) is 5. The molecule has 8 nitrogen and oxygen atoms in total. The molecule has 4 aromatic rings. The van der Waals surface area contributed by atoms with E-state index in [0.29, 0.717) is 21.4 Å². The predicted octanol–water partition coefficient (Wildman–Crippen LogP) is 8.45. The Morgan fingerprint density at radius 2 is 1.36 bits per heavy atom. The molecule has 2 fully saturated rings. The van der Waals surface area contributed by atoms with Crippen LogP contribution in [0.1, 0.15) is 84.3 Å². The summed E-state index contributed by atoms with van der Waals surface area (Å²) in [5.74, 6) is -14.5. The molecule has 1 amide bonds. The minimum absolute atomic E-state index is 0.0638. The van der Waals surface area contributed by atoms with Gasteiger partial charge >= 0.3 is 5.97 Å². The van der Waals surface area contributed by atoms with Crippen molar-refractivity contribution < 1.29 is 49.8 Å². The first-order valence-electron chi connectivity index (χ1n) is 17.3. The van der Waals surface area contributed by atoms with Crippen LogP contribution in [0.3, 0.4) is 0 Å². The van der Waals surface area contributed by atoms with Crippen molar-refractivity contribution in [3.05, 3.63) is 130 Å². The molecule has 1 N–H and O–H groups in total. The molecular weight excluding hydrogens is 719 g/mol. The van der Waals surface area contributed by atoms with Gasteiger partial charge in [0.25, 0.3) is 15.9 Å². The van der Waals surface area contributed by atoms with Gasteiger partial charge in [-0.2, -0.15) is 4.31 Å². The Kier molecular flexibility index (Phi) is 11.3. The number of sulfonamides is 1. The van der Waals surface area contributed by atoms with Gasteiger partial charge in [-0.1, -0.05) is 73.9 Å². The molecule has 0 unspecified atom stereocenters. The molecule has 1 saturated carbocycles. The third kappa shape index (κ3) is 7.58. The Morgan fingerprint density at radius 3 is 1.96 bits per heavy atom. The highest BCUT2D eigenvalue weighted by atomic mass is 32.2. The summed E-state index contributed by atoms with van der Waals surface area (Å²) in [5.41, 5.74) is -0.273. The van der Waals surface area contributed by atoms with E-state index in [1.54, 1.807) is 30.3 Å². The maximum absolute atomic E-state index is 15.2. The highest BCUT2D eigenvalue weighted by molar-refractivity contribution is 7.89. The molecule has 4 aromatic carbocycles. The summed E-state index contributed by atoms with van der Waals surface area (Å²) in [5, 5.41) is 9.54. The molecule has 2 aliphatic rings. The molecule has 6 rings (SSSR count). The zero-order chi connectivity index (χ0) is 37.9. The van der Waals surface area contributed by atoms with E-state index in [1.165, 1.54) is 35.6 Å². The number of rotatable bonds is 11. The Labute approximate surface area is 303 Å². The van der Waals surface area contributed by atoms with Crippen LogP contribution in [-0.2, 0) is 32.7 Å². The van der Waals surface area contributed by atoms with Gasteiger partial charge in [0.1, 0.15) is 0 Å². The second-order valence-corrected chi connectivity index (χ2v) is 15.1. The van der Waals surface area contributed by atoms with Gasteiger partial charge in [0.2, 0.25) is 11.5 Å². The first-order chi connectivity index (χ1) is 25.3. The van der Waals surface area contributed by atoms with Crippen LogP contribution in [0.4, 0.5) is 27.6 Å². The Balaban J connectivity index is 1.48. The number of ether oxygens (including phenoxy) is 1. The lowest BCUT2D eigenvalue weighted by Crippen LogP contribution is -2.64. The number of piperidine rings is 1. The molecule has 53 heavy (non-hydrogen) atoms. The number of carboxylic acid groups (broad SMARTS) is 1. The molecule has 280 valence electrons. The van der Waals surface area contributed by atoms with Crippen LogP contribution in [0.15, 0.2) is 83.8 Å². The van der Waals surface area contributed by atoms with Crippen LogP contribution in [0.25, 0.3) is 0 Å². The van der Waals surface area contributed by atoms with Gasteiger partial charge in [0.05, 0.1) is 18.7 Å². The van der Waals surface area contributed by atoms with Crippen molar-refractivity contribution in [2.24, 2.45) is 0 Å². The monoisotopic (exact) mass is 756 g/mol. The van der Waals surface area contributed by atoms with Gasteiger partial charge in [0.15, 0.2) is 28.2 Å². The standard InChI is InChI=1S/C39H37F5N2O6S/c40-31-32(41)34(43)36(35(44)33(31)42)53(50,51)46-22-8-7-21-39(46,52-24-26-9-3-1-4-10-26)38(49)45(30-19-17-29(18-20-30)37(47)48)23-25-13-15-28(16-14-25)27-11-5-2-6-12-27/h1,3-4,9-10,13-20,27H,2,5-8,11-12,21-24H2,(H,47,48)/t39-/m1/s1. The minimum atomic E-state index is -5.68. The highest BCUT2D eigenvalue weighted by Crippen LogP contribution is 2.41. The number of nitrogens with zero attached hydrogens (tertiary/aromatic N) is 2. The molecule has 1 aliphatic heterocycles. The summed E-state index contributed by atoms with van der Waals surface area (Å²) in [7, 11) is -5.68.